The van der Waals surface area contributed by atoms with Crippen LogP contribution in [0.25, 0.3) is 0 Å². The molecule has 1 N–H and O–H groups in total. The number of carbonyl (C=O) groups is 1. The van der Waals surface area contributed by atoms with E-state index in [0.29, 0.717) is 6.04 Å². The Hall–Kier alpha value is -0.570. The highest BCUT2D eigenvalue weighted by Crippen LogP contribution is 2.37. The molecule has 0 spiro atoms. The van der Waals surface area contributed by atoms with Crippen molar-refractivity contribution in [3.63, 3.8) is 0 Å². The molecule has 0 amide bonds. The number of carboxylic acid groups (broad SMARTS) is 1. The molecule has 2 rings (SSSR count). The van der Waals surface area contributed by atoms with Gasteiger partial charge in [0.15, 0.2) is 0 Å². The predicted molar refractivity (Wildman–Crippen MR) is 77.1 cm³/mol. The van der Waals surface area contributed by atoms with Crippen LogP contribution in [-0.4, -0.2) is 35.1 Å². The first-order chi connectivity index (χ1) is 9.02. The molecule has 0 aromatic rings. The lowest BCUT2D eigenvalue weighted by molar-refractivity contribution is -0.146. The van der Waals surface area contributed by atoms with E-state index < -0.39 is 5.97 Å². The van der Waals surface area contributed by atoms with E-state index in [-0.39, 0.29) is 5.92 Å². The molecule has 110 valence electrons. The highest BCUT2D eigenvalue weighted by Gasteiger charge is 2.40. The number of nitrogens with zero attached hydrogens (tertiary/aromatic N) is 1. The van der Waals surface area contributed by atoms with Crippen LogP contribution in [0.5, 0.6) is 0 Å². The van der Waals surface area contributed by atoms with Crippen molar-refractivity contribution in [2.75, 3.05) is 13.1 Å². The van der Waals surface area contributed by atoms with Crippen molar-refractivity contribution in [2.45, 2.75) is 58.9 Å². The number of hydrogen-bond acceptors (Lipinski definition) is 2. The van der Waals surface area contributed by atoms with E-state index in [0.717, 1.165) is 50.1 Å². The first-order valence-corrected chi connectivity index (χ1v) is 7.99. The van der Waals surface area contributed by atoms with Crippen molar-refractivity contribution in [3.8, 4) is 0 Å². The van der Waals surface area contributed by atoms with Crippen LogP contribution >= 0.6 is 0 Å². The Morgan fingerprint density at radius 1 is 1.32 bits per heavy atom. The fourth-order valence-corrected chi connectivity index (χ4v) is 3.95. The Balaban J connectivity index is 2.03. The summed E-state index contributed by atoms with van der Waals surface area (Å²) in [6.45, 7) is 9.04. The number of likely N-dealkylation sites (tertiary alicyclic amines) is 1. The summed E-state index contributed by atoms with van der Waals surface area (Å²) in [4.78, 5) is 14.0. The van der Waals surface area contributed by atoms with E-state index in [1.54, 1.807) is 0 Å². The lowest BCUT2D eigenvalue weighted by Crippen LogP contribution is -2.46. The van der Waals surface area contributed by atoms with Crippen LogP contribution in [0.2, 0.25) is 0 Å². The maximum Gasteiger partial charge on any atom is 0.308 e. The van der Waals surface area contributed by atoms with Crippen LogP contribution in [-0.2, 0) is 4.79 Å². The third-order valence-electron chi connectivity index (χ3n) is 5.49. The molecule has 19 heavy (non-hydrogen) atoms. The van der Waals surface area contributed by atoms with Crippen molar-refractivity contribution in [2.24, 2.45) is 23.7 Å². The molecular formula is C16H29NO2. The molecule has 1 heterocycles. The second-order valence-corrected chi connectivity index (χ2v) is 6.89. The Bertz CT molecular complexity index is 316. The second kappa shape index (κ2) is 6.25. The molecule has 0 bridgehead atoms. The summed E-state index contributed by atoms with van der Waals surface area (Å²) in [7, 11) is 0. The highest BCUT2D eigenvalue weighted by molar-refractivity contribution is 5.71. The van der Waals surface area contributed by atoms with Crippen molar-refractivity contribution in [1.82, 2.24) is 4.90 Å². The first kappa shape index (κ1) is 14.8. The Kier molecular flexibility index (Phi) is 4.88. The van der Waals surface area contributed by atoms with Gasteiger partial charge >= 0.3 is 5.97 Å². The summed E-state index contributed by atoms with van der Waals surface area (Å²) in [6, 6.07) is 0.292. The molecular weight excluding hydrogens is 238 g/mol. The van der Waals surface area contributed by atoms with Crippen LogP contribution in [0.3, 0.4) is 0 Å². The molecule has 1 aliphatic carbocycles. The van der Waals surface area contributed by atoms with Crippen molar-refractivity contribution in [1.29, 1.82) is 0 Å². The van der Waals surface area contributed by atoms with Crippen LogP contribution in [0.1, 0.15) is 52.9 Å². The zero-order valence-electron chi connectivity index (χ0n) is 12.6. The summed E-state index contributed by atoms with van der Waals surface area (Å²) in [5.74, 6) is 1.51. The molecule has 0 aromatic heterocycles. The third kappa shape index (κ3) is 3.31. The largest absolute Gasteiger partial charge is 0.481 e. The van der Waals surface area contributed by atoms with E-state index in [1.807, 2.05) is 0 Å². The Morgan fingerprint density at radius 2 is 2.05 bits per heavy atom. The van der Waals surface area contributed by atoms with Gasteiger partial charge in [-0.2, -0.15) is 0 Å². The second-order valence-electron chi connectivity index (χ2n) is 6.89. The van der Waals surface area contributed by atoms with E-state index in [9.17, 15) is 9.90 Å². The van der Waals surface area contributed by atoms with Gasteiger partial charge in [-0.3, -0.25) is 9.69 Å². The zero-order valence-corrected chi connectivity index (χ0v) is 12.6. The monoisotopic (exact) mass is 267 g/mol. The van der Waals surface area contributed by atoms with E-state index in [1.165, 1.54) is 12.8 Å². The average Bonchev–Trinajstić information content (AvgIpc) is 2.87. The lowest BCUT2D eigenvalue weighted by Gasteiger charge is -2.39. The molecule has 1 saturated heterocycles. The quantitative estimate of drug-likeness (QED) is 0.850. The molecule has 3 nitrogen and oxygen atoms in total. The minimum atomic E-state index is -0.576. The van der Waals surface area contributed by atoms with Gasteiger partial charge in [0.25, 0.3) is 0 Å². The van der Waals surface area contributed by atoms with E-state index >= 15 is 0 Å². The van der Waals surface area contributed by atoms with Crippen molar-refractivity contribution < 1.29 is 9.90 Å². The molecule has 4 atom stereocenters. The summed E-state index contributed by atoms with van der Waals surface area (Å²) in [5, 5.41) is 9.48. The van der Waals surface area contributed by atoms with Gasteiger partial charge in [-0.05, 0) is 50.0 Å². The molecule has 1 aliphatic heterocycles. The smallest absolute Gasteiger partial charge is 0.308 e. The Labute approximate surface area is 117 Å². The molecule has 4 unspecified atom stereocenters. The zero-order chi connectivity index (χ0) is 14.0. The van der Waals surface area contributed by atoms with Gasteiger partial charge in [-0.1, -0.05) is 27.2 Å². The fourth-order valence-electron chi connectivity index (χ4n) is 3.95. The molecule has 2 fully saturated rings. The number of hydrogen-bond donors (Lipinski definition) is 1. The summed E-state index contributed by atoms with van der Waals surface area (Å²) in [6.07, 6.45) is 5.52. The Morgan fingerprint density at radius 3 is 2.58 bits per heavy atom. The summed E-state index contributed by atoms with van der Waals surface area (Å²) < 4.78 is 0. The van der Waals surface area contributed by atoms with Gasteiger partial charge < -0.3 is 5.11 Å². The van der Waals surface area contributed by atoms with Crippen molar-refractivity contribution in [3.05, 3.63) is 0 Å². The fraction of sp³-hybridized carbons (Fsp3) is 0.938. The molecule has 2 aliphatic rings. The topological polar surface area (TPSA) is 40.5 Å². The molecule has 0 aromatic carbocycles. The highest BCUT2D eigenvalue weighted by atomic mass is 16.4. The van der Waals surface area contributed by atoms with Crippen LogP contribution in [0, 0.1) is 23.7 Å². The minimum absolute atomic E-state index is 0.131. The average molecular weight is 267 g/mol. The van der Waals surface area contributed by atoms with Gasteiger partial charge in [-0.15, -0.1) is 0 Å². The molecule has 0 radical (unpaired) electrons. The standard InChI is InChI=1S/C16H29NO2/c1-4-12-5-6-14(16(18)19)15(9-12)17-8-7-13(10-17)11(2)3/h11-15H,4-10H2,1-3H3,(H,18,19). The maximum atomic E-state index is 11.5. The minimum Gasteiger partial charge on any atom is -0.481 e. The van der Waals surface area contributed by atoms with Gasteiger partial charge in [0.1, 0.15) is 0 Å². The normalized spacial score (nSPS) is 36.8. The van der Waals surface area contributed by atoms with Gasteiger partial charge in [0.2, 0.25) is 0 Å². The summed E-state index contributed by atoms with van der Waals surface area (Å²) in [5.41, 5.74) is 0. The molecule has 3 heteroatoms. The van der Waals surface area contributed by atoms with E-state index in [4.69, 9.17) is 0 Å². The van der Waals surface area contributed by atoms with Crippen LogP contribution < -0.4 is 0 Å². The SMILES string of the molecule is CCC1CCC(C(=O)O)C(N2CCC(C(C)C)C2)C1. The van der Waals surface area contributed by atoms with Gasteiger partial charge in [-0.25, -0.2) is 0 Å². The number of rotatable bonds is 4. The van der Waals surface area contributed by atoms with Crippen LogP contribution in [0.15, 0.2) is 0 Å². The first-order valence-electron chi connectivity index (χ1n) is 7.99. The summed E-state index contributed by atoms with van der Waals surface area (Å²) >= 11 is 0. The molecule has 1 saturated carbocycles. The lowest BCUT2D eigenvalue weighted by atomic mass is 9.76. The predicted octanol–water partition coefficient (Wildman–Crippen LogP) is 3.24. The number of aliphatic carboxylic acids is 1. The number of carboxylic acids is 1. The van der Waals surface area contributed by atoms with Crippen molar-refractivity contribution >= 4 is 5.97 Å². The third-order valence-corrected chi connectivity index (χ3v) is 5.49. The van der Waals surface area contributed by atoms with Gasteiger partial charge in [0.05, 0.1) is 5.92 Å². The van der Waals surface area contributed by atoms with E-state index in [2.05, 4.69) is 25.7 Å². The van der Waals surface area contributed by atoms with Gasteiger partial charge in [0, 0.05) is 12.6 Å². The van der Waals surface area contributed by atoms with Crippen LogP contribution in [0.4, 0.5) is 0 Å². The maximum absolute atomic E-state index is 11.5.